The van der Waals surface area contributed by atoms with Crippen molar-refractivity contribution in [2.75, 3.05) is 0 Å². The van der Waals surface area contributed by atoms with E-state index in [1.807, 2.05) is 0 Å². The molecule has 0 saturated carbocycles. The fourth-order valence-electron chi connectivity index (χ4n) is 0.709. The summed E-state index contributed by atoms with van der Waals surface area (Å²) in [5.41, 5.74) is 0. The van der Waals surface area contributed by atoms with E-state index in [-0.39, 0.29) is 19.5 Å². The van der Waals surface area contributed by atoms with E-state index in [1.165, 1.54) is 25.3 Å². The minimum Gasteiger partial charge on any atom is -0.225 e. The molecule has 0 fully saturated rings. The first-order chi connectivity index (χ1) is 5.97. The van der Waals surface area contributed by atoms with Crippen molar-refractivity contribution in [2.24, 2.45) is 0 Å². The molecule has 0 unspecified atom stereocenters. The zero-order valence-corrected chi connectivity index (χ0v) is 8.08. The van der Waals surface area contributed by atoms with Crippen molar-refractivity contribution in [1.29, 1.82) is 0 Å². The fourth-order valence-corrected chi connectivity index (χ4v) is 0.709. The molecule has 66 valence electrons. The molecule has 2 heterocycles. The predicted octanol–water partition coefficient (Wildman–Crippen LogP) is -0.279. The summed E-state index contributed by atoms with van der Waals surface area (Å²) in [6.45, 7) is 0. The van der Waals surface area contributed by atoms with E-state index in [1.54, 1.807) is 0 Å². The third-order valence-electron chi connectivity index (χ3n) is 1.19. The van der Waals surface area contributed by atoms with Crippen LogP contribution in [-0.4, -0.2) is 29.9 Å². The van der Waals surface area contributed by atoms with E-state index >= 15 is 0 Å². The average molecular weight is 261 g/mol. The minimum absolute atomic E-state index is 0. The Morgan fingerprint density at radius 1 is 0.615 bits per heavy atom. The first kappa shape index (κ1) is 9.73. The van der Waals surface area contributed by atoms with Gasteiger partial charge < -0.3 is 0 Å². The van der Waals surface area contributed by atoms with Crippen molar-refractivity contribution in [1.82, 2.24) is 29.9 Å². The smallest absolute Gasteiger partial charge is 0.200 e. The van der Waals surface area contributed by atoms with E-state index < -0.39 is 0 Å². The van der Waals surface area contributed by atoms with E-state index in [9.17, 15) is 0 Å². The molecule has 2 rings (SSSR count). The van der Waals surface area contributed by atoms with Crippen molar-refractivity contribution in [3.05, 3.63) is 25.3 Å². The SMILES string of the molecule is [Ru].c1ncnc(-c2ncncn2)n1. The summed E-state index contributed by atoms with van der Waals surface area (Å²) < 4.78 is 0. The van der Waals surface area contributed by atoms with Crippen LogP contribution < -0.4 is 0 Å². The molecule has 0 amide bonds. The topological polar surface area (TPSA) is 77.3 Å². The van der Waals surface area contributed by atoms with Gasteiger partial charge in [0.2, 0.25) is 11.6 Å². The molecule has 0 atom stereocenters. The van der Waals surface area contributed by atoms with Crippen LogP contribution in [-0.2, 0) is 19.5 Å². The van der Waals surface area contributed by atoms with Crippen LogP contribution in [0.3, 0.4) is 0 Å². The van der Waals surface area contributed by atoms with Gasteiger partial charge in [-0.15, -0.1) is 0 Å². The molecule has 0 N–H and O–H groups in total. The molecule has 0 aliphatic carbocycles. The summed E-state index contributed by atoms with van der Waals surface area (Å²) >= 11 is 0. The van der Waals surface area contributed by atoms with E-state index in [0.29, 0.717) is 11.6 Å². The van der Waals surface area contributed by atoms with Gasteiger partial charge in [-0.25, -0.2) is 29.9 Å². The van der Waals surface area contributed by atoms with Gasteiger partial charge in [-0.1, -0.05) is 0 Å². The van der Waals surface area contributed by atoms with Gasteiger partial charge in [0.1, 0.15) is 25.3 Å². The number of aromatic nitrogens is 6. The van der Waals surface area contributed by atoms with Crippen LogP contribution in [0.5, 0.6) is 0 Å². The number of hydrogen-bond acceptors (Lipinski definition) is 6. The van der Waals surface area contributed by atoms with Crippen LogP contribution in [0.15, 0.2) is 25.3 Å². The van der Waals surface area contributed by atoms with Gasteiger partial charge >= 0.3 is 0 Å². The van der Waals surface area contributed by atoms with Gasteiger partial charge in [-0.2, -0.15) is 0 Å². The van der Waals surface area contributed by atoms with Gasteiger partial charge in [-0.05, 0) is 0 Å². The average Bonchev–Trinajstić information content (AvgIpc) is 2.21. The summed E-state index contributed by atoms with van der Waals surface area (Å²) in [5, 5.41) is 0. The van der Waals surface area contributed by atoms with Crippen LogP contribution in [0.2, 0.25) is 0 Å². The Morgan fingerprint density at radius 3 is 1.23 bits per heavy atom. The molecular formula is C6H4N6Ru. The van der Waals surface area contributed by atoms with Crippen molar-refractivity contribution in [3.63, 3.8) is 0 Å². The van der Waals surface area contributed by atoms with Crippen LogP contribution >= 0.6 is 0 Å². The quantitative estimate of drug-likeness (QED) is 0.657. The summed E-state index contributed by atoms with van der Waals surface area (Å²) in [6.07, 6.45) is 5.58. The van der Waals surface area contributed by atoms with Gasteiger partial charge in [0, 0.05) is 19.5 Å². The van der Waals surface area contributed by atoms with Gasteiger partial charge in [-0.3, -0.25) is 0 Å². The Balaban J connectivity index is 0.000000845. The second-order valence-corrected chi connectivity index (χ2v) is 1.92. The predicted molar refractivity (Wildman–Crippen MR) is 38.6 cm³/mol. The molecule has 0 spiro atoms. The molecular weight excluding hydrogens is 257 g/mol. The normalized spacial score (nSPS) is 8.92. The van der Waals surface area contributed by atoms with Gasteiger partial charge in [0.15, 0.2) is 0 Å². The Bertz CT molecular complexity index is 315. The third kappa shape index (κ3) is 2.29. The molecule has 2 aromatic heterocycles. The molecule has 2 aromatic rings. The van der Waals surface area contributed by atoms with Crippen molar-refractivity contribution in [2.45, 2.75) is 0 Å². The van der Waals surface area contributed by atoms with Crippen molar-refractivity contribution < 1.29 is 19.5 Å². The van der Waals surface area contributed by atoms with Crippen LogP contribution in [0.25, 0.3) is 11.6 Å². The molecule has 6 nitrogen and oxygen atoms in total. The Kier molecular flexibility index (Phi) is 3.45. The molecule has 0 aliphatic rings. The Morgan fingerprint density at radius 2 is 0.923 bits per heavy atom. The molecule has 0 aromatic carbocycles. The Hall–Kier alpha value is -1.36. The van der Waals surface area contributed by atoms with Gasteiger partial charge in [0.05, 0.1) is 0 Å². The fraction of sp³-hybridized carbons (Fsp3) is 0. The summed E-state index contributed by atoms with van der Waals surface area (Å²) in [6, 6.07) is 0. The number of hydrogen-bond donors (Lipinski definition) is 0. The number of rotatable bonds is 1. The standard InChI is InChI=1S/C6H4N6.Ru/c1-7-2-10-5(9-1)6-11-3-8-4-12-6;/h1-4H;. The molecule has 7 heteroatoms. The maximum absolute atomic E-state index is 3.87. The molecule has 0 radical (unpaired) electrons. The van der Waals surface area contributed by atoms with E-state index in [2.05, 4.69) is 29.9 Å². The van der Waals surface area contributed by atoms with Crippen molar-refractivity contribution >= 4 is 0 Å². The first-order valence-electron chi connectivity index (χ1n) is 3.21. The molecule has 0 bridgehead atoms. The summed E-state index contributed by atoms with van der Waals surface area (Å²) in [4.78, 5) is 22.9. The second-order valence-electron chi connectivity index (χ2n) is 1.92. The van der Waals surface area contributed by atoms with E-state index in [4.69, 9.17) is 0 Å². The maximum atomic E-state index is 3.87. The Labute approximate surface area is 86.7 Å². The van der Waals surface area contributed by atoms with Crippen LogP contribution in [0.1, 0.15) is 0 Å². The van der Waals surface area contributed by atoms with Crippen LogP contribution in [0.4, 0.5) is 0 Å². The zero-order valence-electron chi connectivity index (χ0n) is 6.35. The largest absolute Gasteiger partial charge is 0.225 e. The maximum Gasteiger partial charge on any atom is 0.200 e. The second kappa shape index (κ2) is 4.62. The molecule has 0 aliphatic heterocycles. The zero-order chi connectivity index (χ0) is 8.23. The van der Waals surface area contributed by atoms with E-state index in [0.717, 1.165) is 0 Å². The monoisotopic (exact) mass is 262 g/mol. The number of nitrogens with zero attached hydrogens (tertiary/aromatic N) is 6. The van der Waals surface area contributed by atoms with Crippen LogP contribution in [0, 0.1) is 0 Å². The molecule has 0 saturated heterocycles. The summed E-state index contributed by atoms with van der Waals surface area (Å²) in [5.74, 6) is 0.903. The summed E-state index contributed by atoms with van der Waals surface area (Å²) in [7, 11) is 0. The minimum atomic E-state index is 0. The molecule has 13 heavy (non-hydrogen) atoms. The third-order valence-corrected chi connectivity index (χ3v) is 1.19. The first-order valence-corrected chi connectivity index (χ1v) is 3.21. The van der Waals surface area contributed by atoms with Crippen molar-refractivity contribution in [3.8, 4) is 11.6 Å². The van der Waals surface area contributed by atoms with Gasteiger partial charge in [0.25, 0.3) is 0 Å².